The fraction of sp³-hybridized carbons (Fsp3) is 0.211. The number of rotatable bonds is 6. The molecule has 0 aliphatic rings. The van der Waals surface area contributed by atoms with Crippen LogP contribution in [0.15, 0.2) is 48.8 Å². The fourth-order valence-electron chi connectivity index (χ4n) is 2.51. The molecular weight excluding hydrogens is 387 g/mol. The zero-order valence-corrected chi connectivity index (χ0v) is 15.4. The fourth-order valence-corrected chi connectivity index (χ4v) is 2.51. The second-order valence-corrected chi connectivity index (χ2v) is 6.12. The topological polar surface area (TPSA) is 95.1 Å². The highest BCUT2D eigenvalue weighted by Crippen LogP contribution is 2.34. The second kappa shape index (κ2) is 8.31. The molecule has 0 aliphatic heterocycles. The number of aromatic nitrogens is 3. The molecule has 0 saturated carbocycles. The molecule has 29 heavy (non-hydrogen) atoms. The molecule has 0 radical (unpaired) electrons. The van der Waals surface area contributed by atoms with Crippen molar-refractivity contribution in [3.8, 4) is 22.9 Å². The number of aryl methyl sites for hydroxylation is 1. The van der Waals surface area contributed by atoms with Crippen molar-refractivity contribution in [3.63, 3.8) is 0 Å². The van der Waals surface area contributed by atoms with E-state index >= 15 is 0 Å². The van der Waals surface area contributed by atoms with Gasteiger partial charge in [-0.25, -0.2) is 4.98 Å². The van der Waals surface area contributed by atoms with Gasteiger partial charge in [-0.1, -0.05) is 0 Å². The Bertz CT molecular complexity index is 1000. The van der Waals surface area contributed by atoms with Crippen LogP contribution in [0.3, 0.4) is 0 Å². The standard InChI is InChI=1S/C19H18F3N5O2/c1-27-9-6-16(26-27)15-10-12(17(28)24-8-7-23)11-25-18(15)29-14-4-2-13(3-5-14)19(20,21)22/h2-6,9-11H,7-8,23H2,1H3,(H,24,28). The van der Waals surface area contributed by atoms with Gasteiger partial charge in [-0.3, -0.25) is 9.48 Å². The molecule has 0 saturated heterocycles. The van der Waals surface area contributed by atoms with Crippen molar-refractivity contribution >= 4 is 5.91 Å². The molecule has 3 rings (SSSR count). The van der Waals surface area contributed by atoms with E-state index in [1.807, 2.05) is 0 Å². The Labute approximate surface area is 164 Å². The lowest BCUT2D eigenvalue weighted by Gasteiger charge is -2.12. The van der Waals surface area contributed by atoms with Gasteiger partial charge in [0.2, 0.25) is 5.88 Å². The molecular formula is C19H18F3N5O2. The SMILES string of the molecule is Cn1ccc(-c2cc(C(=O)NCCN)cnc2Oc2ccc(C(F)(F)F)cc2)n1. The molecule has 2 aromatic heterocycles. The molecule has 0 fully saturated rings. The van der Waals surface area contributed by atoms with E-state index in [1.165, 1.54) is 18.3 Å². The predicted octanol–water partition coefficient (Wildman–Crippen LogP) is 2.98. The van der Waals surface area contributed by atoms with Crippen molar-refractivity contribution in [3.05, 3.63) is 59.9 Å². The molecule has 1 aromatic carbocycles. The first-order chi connectivity index (χ1) is 13.8. The molecule has 3 N–H and O–H groups in total. The summed E-state index contributed by atoms with van der Waals surface area (Å²) in [5.74, 6) is -0.0805. The van der Waals surface area contributed by atoms with Gasteiger partial charge in [0, 0.05) is 32.5 Å². The van der Waals surface area contributed by atoms with Gasteiger partial charge in [0.05, 0.1) is 22.4 Å². The van der Waals surface area contributed by atoms with E-state index in [0.29, 0.717) is 24.3 Å². The Morgan fingerprint density at radius 2 is 1.97 bits per heavy atom. The first kappa shape index (κ1) is 20.3. The lowest BCUT2D eigenvalue weighted by Crippen LogP contribution is -2.29. The van der Waals surface area contributed by atoms with Crippen molar-refractivity contribution in [2.75, 3.05) is 13.1 Å². The first-order valence-corrected chi connectivity index (χ1v) is 8.61. The molecule has 0 spiro atoms. The van der Waals surface area contributed by atoms with E-state index in [-0.39, 0.29) is 23.1 Å². The Morgan fingerprint density at radius 3 is 2.55 bits per heavy atom. The Balaban J connectivity index is 1.94. The third kappa shape index (κ3) is 4.91. The Morgan fingerprint density at radius 1 is 1.24 bits per heavy atom. The van der Waals surface area contributed by atoms with Gasteiger partial charge >= 0.3 is 6.18 Å². The Hall–Kier alpha value is -3.40. The quantitative estimate of drug-likeness (QED) is 0.658. The monoisotopic (exact) mass is 405 g/mol. The number of amides is 1. The molecule has 0 bridgehead atoms. The van der Waals surface area contributed by atoms with Crippen molar-refractivity contribution in [1.82, 2.24) is 20.1 Å². The van der Waals surface area contributed by atoms with Crippen LogP contribution in [0.5, 0.6) is 11.6 Å². The van der Waals surface area contributed by atoms with E-state index < -0.39 is 11.7 Å². The molecule has 10 heteroatoms. The summed E-state index contributed by atoms with van der Waals surface area (Å²) in [6, 6.07) is 7.51. The van der Waals surface area contributed by atoms with Crippen LogP contribution in [-0.4, -0.2) is 33.8 Å². The van der Waals surface area contributed by atoms with E-state index in [1.54, 1.807) is 30.1 Å². The molecule has 7 nitrogen and oxygen atoms in total. The van der Waals surface area contributed by atoms with Crippen LogP contribution in [0, 0.1) is 0 Å². The summed E-state index contributed by atoms with van der Waals surface area (Å²) in [4.78, 5) is 16.4. The average molecular weight is 405 g/mol. The van der Waals surface area contributed by atoms with Gasteiger partial charge in [0.15, 0.2) is 0 Å². The van der Waals surface area contributed by atoms with Crippen LogP contribution in [0.25, 0.3) is 11.3 Å². The highest BCUT2D eigenvalue weighted by Gasteiger charge is 2.30. The number of halogens is 3. The highest BCUT2D eigenvalue weighted by molar-refractivity contribution is 5.95. The smallest absolute Gasteiger partial charge is 0.416 e. The maximum atomic E-state index is 12.7. The Kier molecular flexibility index (Phi) is 5.83. The minimum Gasteiger partial charge on any atom is -0.438 e. The summed E-state index contributed by atoms with van der Waals surface area (Å²) in [5, 5.41) is 6.93. The number of nitrogens with one attached hydrogen (secondary N) is 1. The van der Waals surface area contributed by atoms with Crippen LogP contribution in [-0.2, 0) is 13.2 Å². The van der Waals surface area contributed by atoms with Gasteiger partial charge in [-0.05, 0) is 36.4 Å². The van der Waals surface area contributed by atoms with Crippen molar-refractivity contribution in [2.45, 2.75) is 6.18 Å². The zero-order valence-electron chi connectivity index (χ0n) is 15.4. The minimum atomic E-state index is -4.44. The lowest BCUT2D eigenvalue weighted by molar-refractivity contribution is -0.137. The summed E-state index contributed by atoms with van der Waals surface area (Å²) in [5.41, 5.74) is 5.80. The third-order valence-electron chi connectivity index (χ3n) is 3.93. The number of carbonyl (C=O) groups excluding carboxylic acids is 1. The van der Waals surface area contributed by atoms with Gasteiger partial charge < -0.3 is 15.8 Å². The third-order valence-corrected chi connectivity index (χ3v) is 3.93. The second-order valence-electron chi connectivity index (χ2n) is 6.12. The number of pyridine rings is 1. The van der Waals surface area contributed by atoms with Crippen molar-refractivity contribution < 1.29 is 22.7 Å². The van der Waals surface area contributed by atoms with Gasteiger partial charge in [-0.15, -0.1) is 0 Å². The number of nitrogens with two attached hydrogens (primary N) is 1. The number of carbonyl (C=O) groups is 1. The van der Waals surface area contributed by atoms with Gasteiger partial charge in [0.25, 0.3) is 5.91 Å². The average Bonchev–Trinajstić information content (AvgIpc) is 3.12. The van der Waals surface area contributed by atoms with E-state index in [9.17, 15) is 18.0 Å². The highest BCUT2D eigenvalue weighted by atomic mass is 19.4. The predicted molar refractivity (Wildman–Crippen MR) is 99.3 cm³/mol. The van der Waals surface area contributed by atoms with Crippen LogP contribution in [0.2, 0.25) is 0 Å². The molecule has 0 atom stereocenters. The number of nitrogens with zero attached hydrogens (tertiary/aromatic N) is 3. The maximum absolute atomic E-state index is 12.7. The molecule has 0 unspecified atom stereocenters. The van der Waals surface area contributed by atoms with Gasteiger partial charge in [-0.2, -0.15) is 18.3 Å². The number of hydrogen-bond acceptors (Lipinski definition) is 5. The van der Waals surface area contributed by atoms with Crippen molar-refractivity contribution in [2.24, 2.45) is 12.8 Å². The molecule has 2 heterocycles. The number of ether oxygens (including phenoxy) is 1. The zero-order chi connectivity index (χ0) is 21.0. The van der Waals surface area contributed by atoms with Crippen LogP contribution in [0.4, 0.5) is 13.2 Å². The van der Waals surface area contributed by atoms with Crippen molar-refractivity contribution in [1.29, 1.82) is 0 Å². The molecule has 1 amide bonds. The van der Waals surface area contributed by atoms with E-state index in [2.05, 4.69) is 15.4 Å². The summed E-state index contributed by atoms with van der Waals surface area (Å²) < 4.78 is 45.4. The van der Waals surface area contributed by atoms with E-state index in [0.717, 1.165) is 12.1 Å². The van der Waals surface area contributed by atoms with Crippen LogP contribution in [0.1, 0.15) is 15.9 Å². The minimum absolute atomic E-state index is 0.110. The van der Waals surface area contributed by atoms with Crippen LogP contribution < -0.4 is 15.8 Å². The first-order valence-electron chi connectivity index (χ1n) is 8.61. The maximum Gasteiger partial charge on any atom is 0.416 e. The number of benzene rings is 1. The lowest BCUT2D eigenvalue weighted by atomic mass is 10.1. The summed E-state index contributed by atoms with van der Waals surface area (Å²) in [6.45, 7) is 0.600. The normalized spacial score (nSPS) is 11.3. The van der Waals surface area contributed by atoms with Crippen LogP contribution >= 0.6 is 0 Å². The summed E-state index contributed by atoms with van der Waals surface area (Å²) >= 11 is 0. The summed E-state index contributed by atoms with van der Waals surface area (Å²) in [6.07, 6.45) is -1.41. The molecule has 0 aliphatic carbocycles. The molecule has 152 valence electrons. The number of alkyl halides is 3. The van der Waals surface area contributed by atoms with E-state index in [4.69, 9.17) is 10.5 Å². The number of hydrogen-bond donors (Lipinski definition) is 2. The van der Waals surface area contributed by atoms with Gasteiger partial charge in [0.1, 0.15) is 5.75 Å². The molecule has 3 aromatic rings. The largest absolute Gasteiger partial charge is 0.438 e. The summed E-state index contributed by atoms with van der Waals surface area (Å²) in [7, 11) is 1.73.